The van der Waals surface area contributed by atoms with E-state index in [0.717, 1.165) is 17.1 Å². The predicted octanol–water partition coefficient (Wildman–Crippen LogP) is 2.36. The maximum atomic E-state index is 5.31. The number of hydrogen-bond donors (Lipinski definition) is 0. The van der Waals surface area contributed by atoms with Crippen LogP contribution in [0, 0.1) is 0 Å². The summed E-state index contributed by atoms with van der Waals surface area (Å²) in [6, 6.07) is 7.89. The van der Waals surface area contributed by atoms with Crippen molar-refractivity contribution >= 4 is 0 Å². The number of pyridine rings is 1. The summed E-state index contributed by atoms with van der Waals surface area (Å²) in [5.74, 6) is 0.852. The maximum absolute atomic E-state index is 5.31. The van der Waals surface area contributed by atoms with Crippen LogP contribution in [-0.2, 0) is 0 Å². The lowest BCUT2D eigenvalue weighted by Gasteiger charge is -2.15. The molecule has 0 aliphatic carbocycles. The van der Waals surface area contributed by atoms with Crippen molar-refractivity contribution in [3.05, 3.63) is 36.2 Å². The molecular weight excluding hydrogens is 202 g/mol. The molecule has 16 heavy (non-hydrogen) atoms. The first-order valence-corrected chi connectivity index (χ1v) is 5.23. The van der Waals surface area contributed by atoms with Gasteiger partial charge in [0.05, 0.1) is 11.7 Å². The second-order valence-electron chi connectivity index (χ2n) is 3.97. The SMILES string of the molecule is CC(c1cc(-c2ccccn2)no1)N(C)C. The highest BCUT2D eigenvalue weighted by Gasteiger charge is 2.14. The summed E-state index contributed by atoms with van der Waals surface area (Å²) in [7, 11) is 4.02. The largest absolute Gasteiger partial charge is 0.359 e. The topological polar surface area (TPSA) is 42.2 Å². The highest BCUT2D eigenvalue weighted by molar-refractivity contribution is 5.53. The summed E-state index contributed by atoms with van der Waals surface area (Å²) in [6.07, 6.45) is 1.75. The van der Waals surface area contributed by atoms with Crippen LogP contribution in [0.15, 0.2) is 35.0 Å². The molecule has 4 nitrogen and oxygen atoms in total. The minimum absolute atomic E-state index is 0.213. The fourth-order valence-electron chi connectivity index (χ4n) is 1.38. The van der Waals surface area contributed by atoms with Crippen LogP contribution in [0.1, 0.15) is 18.7 Å². The molecule has 0 saturated heterocycles. The minimum atomic E-state index is 0.213. The van der Waals surface area contributed by atoms with E-state index in [0.29, 0.717) is 0 Å². The Bertz CT molecular complexity index is 450. The number of aromatic nitrogens is 2. The zero-order valence-electron chi connectivity index (χ0n) is 9.71. The minimum Gasteiger partial charge on any atom is -0.359 e. The Morgan fingerprint density at radius 1 is 1.25 bits per heavy atom. The van der Waals surface area contributed by atoms with Crippen LogP contribution < -0.4 is 0 Å². The highest BCUT2D eigenvalue weighted by Crippen LogP contribution is 2.22. The number of hydrogen-bond acceptors (Lipinski definition) is 4. The van der Waals surface area contributed by atoms with Gasteiger partial charge < -0.3 is 4.52 Å². The van der Waals surface area contributed by atoms with Crippen LogP contribution in [-0.4, -0.2) is 29.1 Å². The maximum Gasteiger partial charge on any atom is 0.154 e. The molecule has 2 aromatic heterocycles. The molecule has 0 spiro atoms. The quantitative estimate of drug-likeness (QED) is 0.791. The van der Waals surface area contributed by atoms with Crippen molar-refractivity contribution in [1.29, 1.82) is 0 Å². The van der Waals surface area contributed by atoms with E-state index >= 15 is 0 Å². The van der Waals surface area contributed by atoms with Crippen molar-refractivity contribution in [1.82, 2.24) is 15.0 Å². The van der Waals surface area contributed by atoms with Crippen LogP contribution in [0.25, 0.3) is 11.4 Å². The van der Waals surface area contributed by atoms with Gasteiger partial charge in [0.15, 0.2) is 5.76 Å². The van der Waals surface area contributed by atoms with Crippen molar-refractivity contribution in [2.45, 2.75) is 13.0 Å². The Kier molecular flexibility index (Phi) is 3.01. The third-order valence-corrected chi connectivity index (χ3v) is 2.64. The summed E-state index contributed by atoms with van der Waals surface area (Å²) < 4.78 is 5.31. The molecule has 0 fully saturated rings. The van der Waals surface area contributed by atoms with Gasteiger partial charge >= 0.3 is 0 Å². The van der Waals surface area contributed by atoms with E-state index < -0.39 is 0 Å². The van der Waals surface area contributed by atoms with E-state index in [1.54, 1.807) is 6.20 Å². The Morgan fingerprint density at radius 3 is 2.69 bits per heavy atom. The van der Waals surface area contributed by atoms with Gasteiger partial charge in [-0.25, -0.2) is 0 Å². The fourth-order valence-corrected chi connectivity index (χ4v) is 1.38. The first-order chi connectivity index (χ1) is 7.68. The summed E-state index contributed by atoms with van der Waals surface area (Å²) in [5, 5.41) is 4.03. The van der Waals surface area contributed by atoms with Crippen LogP contribution in [0.3, 0.4) is 0 Å². The lowest BCUT2D eigenvalue weighted by Crippen LogP contribution is -2.15. The van der Waals surface area contributed by atoms with Crippen molar-refractivity contribution < 1.29 is 4.52 Å². The Hall–Kier alpha value is -1.68. The molecule has 0 aliphatic heterocycles. The van der Waals surface area contributed by atoms with Gasteiger partial charge in [-0.1, -0.05) is 11.2 Å². The van der Waals surface area contributed by atoms with Crippen LogP contribution in [0.5, 0.6) is 0 Å². The zero-order chi connectivity index (χ0) is 11.5. The van der Waals surface area contributed by atoms with Gasteiger partial charge in [-0.2, -0.15) is 0 Å². The van der Waals surface area contributed by atoms with Crippen molar-refractivity contribution in [3.8, 4) is 11.4 Å². The van der Waals surface area contributed by atoms with Crippen LogP contribution >= 0.6 is 0 Å². The molecule has 0 aromatic carbocycles. The Balaban J connectivity index is 2.27. The van der Waals surface area contributed by atoms with Gasteiger partial charge in [-0.05, 0) is 33.2 Å². The van der Waals surface area contributed by atoms with E-state index in [4.69, 9.17) is 4.52 Å². The molecule has 1 unspecified atom stereocenters. The zero-order valence-corrected chi connectivity index (χ0v) is 9.71. The predicted molar refractivity (Wildman–Crippen MR) is 61.8 cm³/mol. The third-order valence-electron chi connectivity index (χ3n) is 2.64. The number of rotatable bonds is 3. The van der Waals surface area contributed by atoms with Gasteiger partial charge in [-0.3, -0.25) is 9.88 Å². The fraction of sp³-hybridized carbons (Fsp3) is 0.333. The van der Waals surface area contributed by atoms with Gasteiger partial charge in [0.1, 0.15) is 5.69 Å². The van der Waals surface area contributed by atoms with E-state index in [1.807, 2.05) is 38.4 Å². The normalized spacial score (nSPS) is 13.0. The molecule has 2 heterocycles. The van der Waals surface area contributed by atoms with Crippen molar-refractivity contribution in [3.63, 3.8) is 0 Å². The van der Waals surface area contributed by atoms with Crippen LogP contribution in [0.2, 0.25) is 0 Å². The molecule has 84 valence electrons. The molecule has 1 atom stereocenters. The average molecular weight is 217 g/mol. The van der Waals surface area contributed by atoms with Gasteiger partial charge in [-0.15, -0.1) is 0 Å². The molecule has 0 saturated carbocycles. The van der Waals surface area contributed by atoms with E-state index in [9.17, 15) is 0 Å². The van der Waals surface area contributed by atoms with Gasteiger partial charge in [0, 0.05) is 12.3 Å². The van der Waals surface area contributed by atoms with E-state index in [1.165, 1.54) is 0 Å². The molecule has 2 aromatic rings. The first kappa shape index (κ1) is 10.8. The van der Waals surface area contributed by atoms with E-state index in [-0.39, 0.29) is 6.04 Å². The molecule has 2 rings (SSSR count). The smallest absolute Gasteiger partial charge is 0.154 e. The van der Waals surface area contributed by atoms with Crippen LogP contribution in [0.4, 0.5) is 0 Å². The molecule has 4 heteroatoms. The summed E-state index contributed by atoms with van der Waals surface area (Å²) in [5.41, 5.74) is 1.62. The molecule has 0 radical (unpaired) electrons. The second-order valence-corrected chi connectivity index (χ2v) is 3.97. The second kappa shape index (κ2) is 4.45. The first-order valence-electron chi connectivity index (χ1n) is 5.23. The Labute approximate surface area is 94.9 Å². The monoisotopic (exact) mass is 217 g/mol. The van der Waals surface area contributed by atoms with Gasteiger partial charge in [0.25, 0.3) is 0 Å². The molecule has 0 bridgehead atoms. The van der Waals surface area contributed by atoms with Crippen molar-refractivity contribution in [2.75, 3.05) is 14.1 Å². The summed E-state index contributed by atoms with van der Waals surface area (Å²) in [4.78, 5) is 6.30. The average Bonchev–Trinajstić information content (AvgIpc) is 2.78. The van der Waals surface area contributed by atoms with E-state index in [2.05, 4.69) is 22.0 Å². The lowest BCUT2D eigenvalue weighted by molar-refractivity contribution is 0.253. The Morgan fingerprint density at radius 2 is 2.06 bits per heavy atom. The molecular formula is C12H15N3O. The van der Waals surface area contributed by atoms with Crippen molar-refractivity contribution in [2.24, 2.45) is 0 Å². The third kappa shape index (κ3) is 2.12. The summed E-state index contributed by atoms with van der Waals surface area (Å²) in [6.45, 7) is 2.07. The molecule has 0 aliphatic rings. The summed E-state index contributed by atoms with van der Waals surface area (Å²) >= 11 is 0. The molecule has 0 N–H and O–H groups in total. The van der Waals surface area contributed by atoms with Gasteiger partial charge in [0.2, 0.25) is 0 Å². The lowest BCUT2D eigenvalue weighted by atomic mass is 10.2. The standard InChI is InChI=1S/C12H15N3O/c1-9(15(2)3)12-8-11(14-16-12)10-6-4-5-7-13-10/h4-9H,1-3H3. The number of nitrogens with zero attached hydrogens (tertiary/aromatic N) is 3. The molecule has 0 amide bonds. The highest BCUT2D eigenvalue weighted by atomic mass is 16.5.